The monoisotopic (exact) mass is 368 g/mol. The maximum atomic E-state index is 12.4. The van der Waals surface area contributed by atoms with Crippen LogP contribution in [-0.2, 0) is 11.3 Å². The van der Waals surface area contributed by atoms with Crippen LogP contribution in [0.2, 0.25) is 5.02 Å². The first-order chi connectivity index (χ1) is 12.6. The summed E-state index contributed by atoms with van der Waals surface area (Å²) < 4.78 is 1.83. The predicted octanol–water partition coefficient (Wildman–Crippen LogP) is 3.82. The Bertz CT molecular complexity index is 909. The highest BCUT2D eigenvalue weighted by atomic mass is 35.5. The lowest BCUT2D eigenvalue weighted by Gasteiger charge is -2.09. The molecule has 0 saturated carbocycles. The van der Waals surface area contributed by atoms with E-state index in [1.165, 1.54) is 0 Å². The lowest BCUT2D eigenvalue weighted by molar-refractivity contribution is -0.116. The largest absolute Gasteiger partial charge is 0.337 e. The first-order valence-corrected chi connectivity index (χ1v) is 8.40. The molecule has 0 unspecified atom stereocenters. The number of aryl methyl sites for hydroxylation is 1. The fraction of sp³-hybridized carbons (Fsp3) is 0.105. The van der Waals surface area contributed by atoms with E-state index in [2.05, 4.69) is 15.6 Å². The summed E-state index contributed by atoms with van der Waals surface area (Å²) >= 11 is 5.92. The topological polar surface area (TPSA) is 76.0 Å². The van der Waals surface area contributed by atoms with Crippen molar-refractivity contribution in [3.05, 3.63) is 77.8 Å². The average molecular weight is 369 g/mol. The minimum atomic E-state index is -0.276. The molecule has 0 radical (unpaired) electrons. The van der Waals surface area contributed by atoms with E-state index in [0.717, 1.165) is 0 Å². The molecule has 0 fully saturated rings. The Morgan fingerprint density at radius 1 is 1.04 bits per heavy atom. The Labute approximate surface area is 155 Å². The molecule has 7 heteroatoms. The Kier molecular flexibility index (Phi) is 5.66. The average Bonchev–Trinajstić information content (AvgIpc) is 3.14. The summed E-state index contributed by atoms with van der Waals surface area (Å²) in [5, 5.41) is 6.12. The van der Waals surface area contributed by atoms with Gasteiger partial charge in [-0.2, -0.15) is 0 Å². The van der Waals surface area contributed by atoms with Gasteiger partial charge in [0.05, 0.1) is 6.33 Å². The summed E-state index contributed by atoms with van der Waals surface area (Å²) in [6.07, 6.45) is 5.44. The van der Waals surface area contributed by atoms with Crippen LogP contribution in [0.1, 0.15) is 16.8 Å². The second-order valence-electron chi connectivity index (χ2n) is 5.64. The first kappa shape index (κ1) is 17.7. The fourth-order valence-corrected chi connectivity index (χ4v) is 2.57. The van der Waals surface area contributed by atoms with Crippen molar-refractivity contribution in [1.29, 1.82) is 0 Å². The minimum Gasteiger partial charge on any atom is -0.337 e. The number of carbonyl (C=O) groups excluding carboxylic acids is 2. The molecule has 2 N–H and O–H groups in total. The molecule has 1 heterocycles. The molecule has 26 heavy (non-hydrogen) atoms. The number of carbonyl (C=O) groups is 2. The smallest absolute Gasteiger partial charge is 0.255 e. The maximum Gasteiger partial charge on any atom is 0.255 e. The third-order valence-corrected chi connectivity index (χ3v) is 3.88. The number of aromatic nitrogens is 2. The van der Waals surface area contributed by atoms with E-state index in [9.17, 15) is 9.59 Å². The molecule has 1 aromatic heterocycles. The SMILES string of the molecule is O=C(CCn1ccnc1)Nc1cccc(C(=O)Nc2cccc(Cl)c2)c1. The number of hydrogen-bond acceptors (Lipinski definition) is 3. The second-order valence-corrected chi connectivity index (χ2v) is 6.08. The summed E-state index contributed by atoms with van der Waals surface area (Å²) in [6.45, 7) is 0.542. The molecule has 3 aromatic rings. The van der Waals surface area contributed by atoms with Crippen LogP contribution in [0.15, 0.2) is 67.3 Å². The first-order valence-electron chi connectivity index (χ1n) is 8.03. The summed E-state index contributed by atoms with van der Waals surface area (Å²) in [5.41, 5.74) is 1.62. The maximum absolute atomic E-state index is 12.4. The van der Waals surface area contributed by atoms with Gasteiger partial charge in [0.25, 0.3) is 5.91 Å². The van der Waals surface area contributed by atoms with Crippen LogP contribution in [0.4, 0.5) is 11.4 Å². The zero-order valence-electron chi connectivity index (χ0n) is 13.9. The number of nitrogens with one attached hydrogen (secondary N) is 2. The molecule has 2 amide bonds. The van der Waals surface area contributed by atoms with Gasteiger partial charge in [-0.15, -0.1) is 0 Å². The summed E-state index contributed by atoms with van der Waals surface area (Å²) in [5.74, 6) is -0.409. The molecule has 3 rings (SSSR count). The number of anilines is 2. The van der Waals surface area contributed by atoms with Gasteiger partial charge in [0.2, 0.25) is 5.91 Å². The van der Waals surface area contributed by atoms with Crippen LogP contribution in [0.5, 0.6) is 0 Å². The van der Waals surface area contributed by atoms with Crippen molar-refractivity contribution >= 4 is 34.8 Å². The van der Waals surface area contributed by atoms with Crippen molar-refractivity contribution < 1.29 is 9.59 Å². The van der Waals surface area contributed by atoms with Crippen LogP contribution < -0.4 is 10.6 Å². The van der Waals surface area contributed by atoms with E-state index >= 15 is 0 Å². The van der Waals surface area contributed by atoms with Crippen molar-refractivity contribution in [2.75, 3.05) is 10.6 Å². The summed E-state index contributed by atoms with van der Waals surface area (Å²) in [7, 11) is 0. The van der Waals surface area contributed by atoms with Crippen molar-refractivity contribution in [3.63, 3.8) is 0 Å². The van der Waals surface area contributed by atoms with Crippen molar-refractivity contribution in [2.24, 2.45) is 0 Å². The third-order valence-electron chi connectivity index (χ3n) is 3.65. The molecule has 0 saturated heterocycles. The van der Waals surface area contributed by atoms with Crippen molar-refractivity contribution in [3.8, 4) is 0 Å². The van der Waals surface area contributed by atoms with Gasteiger partial charge < -0.3 is 15.2 Å². The number of amides is 2. The van der Waals surface area contributed by atoms with Crippen LogP contribution in [0.25, 0.3) is 0 Å². The highest BCUT2D eigenvalue weighted by molar-refractivity contribution is 6.31. The van der Waals surface area contributed by atoms with Gasteiger partial charge in [0, 0.05) is 47.3 Å². The fourth-order valence-electron chi connectivity index (χ4n) is 2.38. The minimum absolute atomic E-state index is 0.133. The second kappa shape index (κ2) is 8.31. The van der Waals surface area contributed by atoms with Gasteiger partial charge in [-0.3, -0.25) is 9.59 Å². The van der Waals surface area contributed by atoms with E-state index in [-0.39, 0.29) is 11.8 Å². The predicted molar refractivity (Wildman–Crippen MR) is 101 cm³/mol. The lowest BCUT2D eigenvalue weighted by Crippen LogP contribution is -2.15. The molecule has 0 bridgehead atoms. The van der Waals surface area contributed by atoms with Gasteiger partial charge in [-0.25, -0.2) is 4.98 Å². The number of halogens is 1. The number of benzene rings is 2. The zero-order valence-corrected chi connectivity index (χ0v) is 14.6. The summed E-state index contributed by atoms with van der Waals surface area (Å²) in [6, 6.07) is 13.7. The molecular formula is C19H17ClN4O2. The molecule has 2 aromatic carbocycles. The third kappa shape index (κ3) is 4.94. The normalized spacial score (nSPS) is 10.3. The number of nitrogens with zero attached hydrogens (tertiary/aromatic N) is 2. The Morgan fingerprint density at radius 2 is 1.81 bits per heavy atom. The number of rotatable bonds is 6. The molecular weight excluding hydrogens is 352 g/mol. The molecule has 0 aliphatic carbocycles. The quantitative estimate of drug-likeness (QED) is 0.694. The zero-order chi connectivity index (χ0) is 18.4. The lowest BCUT2D eigenvalue weighted by atomic mass is 10.1. The standard InChI is InChI=1S/C19H17ClN4O2/c20-15-4-2-6-17(12-15)23-19(26)14-3-1-5-16(11-14)22-18(25)7-9-24-10-8-21-13-24/h1-6,8,10-13H,7,9H2,(H,22,25)(H,23,26). The molecule has 132 valence electrons. The highest BCUT2D eigenvalue weighted by Gasteiger charge is 2.09. The van der Waals surface area contributed by atoms with Crippen LogP contribution >= 0.6 is 11.6 Å². The van der Waals surface area contributed by atoms with Gasteiger partial charge in [0.1, 0.15) is 0 Å². The van der Waals surface area contributed by atoms with Crippen molar-refractivity contribution in [1.82, 2.24) is 9.55 Å². The van der Waals surface area contributed by atoms with Gasteiger partial charge in [-0.1, -0.05) is 23.7 Å². The van der Waals surface area contributed by atoms with E-state index in [4.69, 9.17) is 11.6 Å². The van der Waals surface area contributed by atoms with E-state index in [1.54, 1.807) is 67.3 Å². The summed E-state index contributed by atoms with van der Waals surface area (Å²) in [4.78, 5) is 28.4. The number of hydrogen-bond donors (Lipinski definition) is 2. The van der Waals surface area contributed by atoms with Gasteiger partial charge in [-0.05, 0) is 36.4 Å². The Balaban J connectivity index is 1.60. The number of imidazole rings is 1. The van der Waals surface area contributed by atoms with Gasteiger partial charge >= 0.3 is 0 Å². The van der Waals surface area contributed by atoms with Crippen LogP contribution in [-0.4, -0.2) is 21.4 Å². The Hall–Kier alpha value is -3.12. The molecule has 0 aliphatic heterocycles. The van der Waals surface area contributed by atoms with E-state index in [0.29, 0.717) is 34.9 Å². The van der Waals surface area contributed by atoms with E-state index in [1.807, 2.05) is 4.57 Å². The molecule has 0 aliphatic rings. The Morgan fingerprint density at radius 3 is 2.54 bits per heavy atom. The van der Waals surface area contributed by atoms with Gasteiger partial charge in [0.15, 0.2) is 0 Å². The molecule has 0 atom stereocenters. The van der Waals surface area contributed by atoms with Crippen LogP contribution in [0.3, 0.4) is 0 Å². The van der Waals surface area contributed by atoms with Crippen LogP contribution in [0, 0.1) is 0 Å². The molecule has 0 spiro atoms. The highest BCUT2D eigenvalue weighted by Crippen LogP contribution is 2.17. The van der Waals surface area contributed by atoms with E-state index < -0.39 is 0 Å². The van der Waals surface area contributed by atoms with Crippen molar-refractivity contribution in [2.45, 2.75) is 13.0 Å². The molecule has 6 nitrogen and oxygen atoms in total.